The van der Waals surface area contributed by atoms with Gasteiger partial charge in [-0.15, -0.1) is 10.2 Å². The minimum atomic E-state index is -0.487. The molecule has 2 aromatic carbocycles. The van der Waals surface area contributed by atoms with Crippen LogP contribution in [-0.2, 0) is 11.3 Å². The largest absolute Gasteiger partial charge is 0.497 e. The molecule has 0 unspecified atom stereocenters. The monoisotopic (exact) mass is 498 g/mol. The van der Waals surface area contributed by atoms with Crippen molar-refractivity contribution in [1.82, 2.24) is 20.1 Å². The van der Waals surface area contributed by atoms with Gasteiger partial charge in [0, 0.05) is 29.4 Å². The highest BCUT2D eigenvalue weighted by Crippen LogP contribution is 2.24. The van der Waals surface area contributed by atoms with Crippen LogP contribution in [0.25, 0.3) is 0 Å². The first-order chi connectivity index (χ1) is 16.7. The lowest BCUT2D eigenvalue weighted by atomic mass is 10.2. The Morgan fingerprint density at radius 3 is 2.54 bits per heavy atom. The summed E-state index contributed by atoms with van der Waals surface area (Å²) in [5.41, 5.74) is 1.29. The lowest BCUT2D eigenvalue weighted by Gasteiger charge is -2.15. The molecule has 1 heterocycles. The molecule has 0 bridgehead atoms. The Hall–Kier alpha value is -3.93. The number of nitro benzene ring substituents is 1. The molecule has 12 heteroatoms. The quantitative estimate of drug-likeness (QED) is 0.245. The molecule has 0 aliphatic carbocycles. The number of benzene rings is 2. The number of hydrogen-bond donors (Lipinski definition) is 2. The summed E-state index contributed by atoms with van der Waals surface area (Å²) in [6.45, 7) is 5.90. The third-order valence-corrected chi connectivity index (χ3v) is 6.14. The fraction of sp³-hybridized carbons (Fsp3) is 0.304. The second-order valence-electron chi connectivity index (χ2n) is 7.60. The van der Waals surface area contributed by atoms with Crippen molar-refractivity contribution in [2.45, 2.75) is 38.5 Å². The summed E-state index contributed by atoms with van der Waals surface area (Å²) < 4.78 is 6.94. The summed E-state index contributed by atoms with van der Waals surface area (Å²) >= 11 is 1.19. The van der Waals surface area contributed by atoms with Crippen molar-refractivity contribution < 1.29 is 19.2 Å². The van der Waals surface area contributed by atoms with Gasteiger partial charge in [0.05, 0.1) is 23.8 Å². The van der Waals surface area contributed by atoms with Crippen molar-refractivity contribution in [2.75, 3.05) is 18.2 Å². The van der Waals surface area contributed by atoms with Crippen molar-refractivity contribution in [3.05, 3.63) is 69.5 Å². The highest BCUT2D eigenvalue weighted by atomic mass is 32.2. The Labute approximate surface area is 206 Å². The van der Waals surface area contributed by atoms with E-state index in [9.17, 15) is 19.7 Å². The van der Waals surface area contributed by atoms with Gasteiger partial charge in [-0.25, -0.2) is 0 Å². The van der Waals surface area contributed by atoms with Crippen LogP contribution in [0.15, 0.2) is 47.6 Å². The number of anilines is 1. The van der Waals surface area contributed by atoms with E-state index in [0.29, 0.717) is 40.1 Å². The number of amides is 2. The Bertz CT molecular complexity index is 1230. The van der Waals surface area contributed by atoms with Crippen molar-refractivity contribution >= 4 is 35.0 Å². The molecule has 2 amide bonds. The average Bonchev–Trinajstić information content (AvgIpc) is 3.27. The number of methoxy groups -OCH3 is 1. The molecule has 3 rings (SSSR count). The van der Waals surface area contributed by atoms with E-state index in [4.69, 9.17) is 4.74 Å². The van der Waals surface area contributed by atoms with Gasteiger partial charge in [0.2, 0.25) is 5.91 Å². The SMILES string of the molecule is CCn1c(SCC(=O)Nc2ccc(C)c([N+](=O)[O-])c2)nnc1[C@H](C)NC(=O)c1ccc(OC)cc1. The number of aromatic nitrogens is 3. The van der Waals surface area contributed by atoms with Crippen molar-refractivity contribution in [2.24, 2.45) is 0 Å². The van der Waals surface area contributed by atoms with Crippen LogP contribution in [0.4, 0.5) is 11.4 Å². The van der Waals surface area contributed by atoms with Gasteiger partial charge in [0.15, 0.2) is 11.0 Å². The molecule has 1 aromatic heterocycles. The summed E-state index contributed by atoms with van der Waals surface area (Å²) in [6.07, 6.45) is 0. The molecule has 0 radical (unpaired) electrons. The maximum atomic E-state index is 12.6. The van der Waals surface area contributed by atoms with Crippen LogP contribution in [0.1, 0.15) is 41.6 Å². The van der Waals surface area contributed by atoms with Gasteiger partial charge in [0.1, 0.15) is 5.75 Å². The minimum absolute atomic E-state index is 0.0341. The predicted octanol–water partition coefficient (Wildman–Crippen LogP) is 3.75. The lowest BCUT2D eigenvalue weighted by molar-refractivity contribution is -0.385. The van der Waals surface area contributed by atoms with Crippen LogP contribution in [-0.4, -0.2) is 44.4 Å². The zero-order valence-electron chi connectivity index (χ0n) is 19.8. The summed E-state index contributed by atoms with van der Waals surface area (Å²) in [4.78, 5) is 35.6. The standard InChI is InChI=1S/C23H26N6O5S/c1-5-28-21(15(3)24-22(31)16-7-10-18(34-4)11-8-16)26-27-23(28)35-13-20(30)25-17-9-6-14(2)19(12-17)29(32)33/h6-12,15H,5,13H2,1-4H3,(H,24,31)(H,25,30)/t15-/m0/s1. The second kappa shape index (κ2) is 11.5. The number of nitro groups is 1. The number of hydrogen-bond acceptors (Lipinski definition) is 8. The van der Waals surface area contributed by atoms with Gasteiger partial charge < -0.3 is 19.9 Å². The molecule has 2 N–H and O–H groups in total. The summed E-state index contributed by atoms with van der Waals surface area (Å²) in [7, 11) is 1.56. The molecule has 1 atom stereocenters. The number of ether oxygens (including phenoxy) is 1. The van der Waals surface area contributed by atoms with E-state index in [1.54, 1.807) is 50.4 Å². The second-order valence-corrected chi connectivity index (χ2v) is 8.55. The molecular formula is C23H26N6O5S. The van der Waals surface area contributed by atoms with E-state index in [2.05, 4.69) is 20.8 Å². The zero-order chi connectivity index (χ0) is 25.5. The van der Waals surface area contributed by atoms with Crippen molar-refractivity contribution in [1.29, 1.82) is 0 Å². The average molecular weight is 499 g/mol. The third kappa shape index (κ3) is 6.35. The van der Waals surface area contributed by atoms with Crippen LogP contribution in [0, 0.1) is 17.0 Å². The van der Waals surface area contributed by atoms with Crippen LogP contribution >= 0.6 is 11.8 Å². The summed E-state index contributed by atoms with van der Waals surface area (Å²) in [5.74, 6) is 0.665. The Kier molecular flexibility index (Phi) is 8.42. The number of thioether (sulfide) groups is 1. The lowest BCUT2D eigenvalue weighted by Crippen LogP contribution is -2.28. The van der Waals surface area contributed by atoms with Crippen LogP contribution in [0.5, 0.6) is 5.75 Å². The molecular weight excluding hydrogens is 472 g/mol. The number of nitrogens with zero attached hydrogens (tertiary/aromatic N) is 4. The summed E-state index contributed by atoms with van der Waals surface area (Å²) in [6, 6.07) is 10.9. The van der Waals surface area contributed by atoms with E-state index in [0.717, 1.165) is 0 Å². The van der Waals surface area contributed by atoms with Gasteiger partial charge in [-0.2, -0.15) is 0 Å². The summed E-state index contributed by atoms with van der Waals surface area (Å²) in [5, 5.41) is 25.6. The molecule has 3 aromatic rings. The Morgan fingerprint density at radius 1 is 1.20 bits per heavy atom. The number of carbonyl (C=O) groups excluding carboxylic acids is 2. The van der Waals surface area contributed by atoms with Crippen LogP contribution in [0.3, 0.4) is 0 Å². The highest BCUT2D eigenvalue weighted by Gasteiger charge is 2.20. The fourth-order valence-electron chi connectivity index (χ4n) is 3.32. The number of carbonyl (C=O) groups is 2. The highest BCUT2D eigenvalue weighted by molar-refractivity contribution is 7.99. The molecule has 11 nitrogen and oxygen atoms in total. The molecule has 184 valence electrons. The van der Waals surface area contributed by atoms with Gasteiger partial charge >= 0.3 is 0 Å². The molecule has 0 spiro atoms. The predicted molar refractivity (Wildman–Crippen MR) is 132 cm³/mol. The number of nitrogens with one attached hydrogen (secondary N) is 2. The Morgan fingerprint density at radius 2 is 1.91 bits per heavy atom. The molecule has 35 heavy (non-hydrogen) atoms. The van der Waals surface area contributed by atoms with Crippen LogP contribution < -0.4 is 15.4 Å². The molecule has 0 saturated heterocycles. The van der Waals surface area contributed by atoms with Gasteiger partial charge in [-0.1, -0.05) is 17.8 Å². The maximum absolute atomic E-state index is 12.6. The topological polar surface area (TPSA) is 141 Å². The van der Waals surface area contributed by atoms with Gasteiger partial charge in [-0.3, -0.25) is 19.7 Å². The van der Waals surface area contributed by atoms with E-state index >= 15 is 0 Å². The zero-order valence-corrected chi connectivity index (χ0v) is 20.6. The van der Waals surface area contributed by atoms with Gasteiger partial charge in [0.25, 0.3) is 11.6 Å². The van der Waals surface area contributed by atoms with Gasteiger partial charge in [-0.05, 0) is 51.1 Å². The van der Waals surface area contributed by atoms with E-state index < -0.39 is 11.0 Å². The Balaban J connectivity index is 1.62. The first-order valence-corrected chi connectivity index (χ1v) is 11.8. The van der Waals surface area contributed by atoms with Crippen molar-refractivity contribution in [3.63, 3.8) is 0 Å². The smallest absolute Gasteiger partial charge is 0.274 e. The third-order valence-electron chi connectivity index (χ3n) is 5.17. The molecule has 0 aliphatic rings. The number of rotatable bonds is 10. The maximum Gasteiger partial charge on any atom is 0.274 e. The number of aryl methyl sites for hydroxylation is 1. The fourth-order valence-corrected chi connectivity index (χ4v) is 4.13. The van der Waals surface area contributed by atoms with Crippen molar-refractivity contribution in [3.8, 4) is 5.75 Å². The van der Waals surface area contributed by atoms with Crippen LogP contribution in [0.2, 0.25) is 0 Å². The molecule has 0 aliphatic heterocycles. The normalized spacial score (nSPS) is 11.5. The minimum Gasteiger partial charge on any atom is -0.497 e. The van der Waals surface area contributed by atoms with E-state index in [1.807, 2.05) is 18.4 Å². The molecule has 0 fully saturated rings. The molecule has 0 saturated carbocycles. The first-order valence-electron chi connectivity index (χ1n) is 10.8. The van der Waals surface area contributed by atoms with E-state index in [1.165, 1.54) is 17.8 Å². The first kappa shape index (κ1) is 25.7. The van der Waals surface area contributed by atoms with E-state index in [-0.39, 0.29) is 23.3 Å².